The molecular formula is C11H17FN2O3S. The SMILES string of the molecule is Cc1cc(S(=O)(=O)NCC(C)(C)O)cc(N)c1F. The van der Waals surface area contributed by atoms with Gasteiger partial charge in [0.05, 0.1) is 16.2 Å². The number of rotatable bonds is 4. The number of hydrogen-bond donors (Lipinski definition) is 3. The lowest BCUT2D eigenvalue weighted by Gasteiger charge is -2.18. The third-order valence-corrected chi connectivity index (χ3v) is 3.64. The number of nitrogens with two attached hydrogens (primary N) is 1. The highest BCUT2D eigenvalue weighted by Crippen LogP contribution is 2.20. The Morgan fingerprint density at radius 1 is 1.44 bits per heavy atom. The van der Waals surface area contributed by atoms with Gasteiger partial charge in [-0.05, 0) is 38.5 Å². The fourth-order valence-electron chi connectivity index (χ4n) is 1.27. The molecule has 0 aromatic heterocycles. The minimum atomic E-state index is -3.81. The van der Waals surface area contributed by atoms with Crippen molar-refractivity contribution in [3.8, 4) is 0 Å². The second-order valence-electron chi connectivity index (χ2n) is 4.78. The molecule has 1 aromatic rings. The van der Waals surface area contributed by atoms with Gasteiger partial charge in [0, 0.05) is 6.54 Å². The minimum absolute atomic E-state index is 0.122. The van der Waals surface area contributed by atoms with E-state index in [9.17, 15) is 17.9 Å². The maximum Gasteiger partial charge on any atom is 0.240 e. The van der Waals surface area contributed by atoms with Gasteiger partial charge >= 0.3 is 0 Å². The van der Waals surface area contributed by atoms with Crippen LogP contribution in [0.1, 0.15) is 19.4 Å². The average molecular weight is 276 g/mol. The average Bonchev–Trinajstić information content (AvgIpc) is 2.21. The van der Waals surface area contributed by atoms with Crippen molar-refractivity contribution in [2.75, 3.05) is 12.3 Å². The lowest BCUT2D eigenvalue weighted by molar-refractivity contribution is 0.0857. The molecule has 0 bridgehead atoms. The molecular weight excluding hydrogens is 259 g/mol. The van der Waals surface area contributed by atoms with Crippen LogP contribution in [0.15, 0.2) is 17.0 Å². The molecule has 0 radical (unpaired) electrons. The van der Waals surface area contributed by atoms with E-state index in [1.54, 1.807) is 0 Å². The van der Waals surface area contributed by atoms with Crippen LogP contribution in [0.4, 0.5) is 10.1 Å². The smallest absolute Gasteiger partial charge is 0.240 e. The van der Waals surface area contributed by atoms with E-state index < -0.39 is 21.4 Å². The molecule has 0 unspecified atom stereocenters. The lowest BCUT2D eigenvalue weighted by atomic mass is 10.1. The molecule has 5 nitrogen and oxygen atoms in total. The first-order valence-corrected chi connectivity index (χ1v) is 6.79. The van der Waals surface area contributed by atoms with Crippen LogP contribution in [-0.2, 0) is 10.0 Å². The van der Waals surface area contributed by atoms with E-state index >= 15 is 0 Å². The number of aliphatic hydroxyl groups is 1. The zero-order valence-electron chi connectivity index (χ0n) is 10.5. The zero-order chi connectivity index (χ0) is 14.1. The zero-order valence-corrected chi connectivity index (χ0v) is 11.3. The number of anilines is 1. The highest BCUT2D eigenvalue weighted by atomic mass is 32.2. The molecule has 4 N–H and O–H groups in total. The Hall–Kier alpha value is -1.18. The van der Waals surface area contributed by atoms with Crippen LogP contribution in [0.3, 0.4) is 0 Å². The largest absolute Gasteiger partial charge is 0.396 e. The van der Waals surface area contributed by atoms with Crippen molar-refractivity contribution in [2.24, 2.45) is 0 Å². The van der Waals surface area contributed by atoms with E-state index in [2.05, 4.69) is 4.72 Å². The van der Waals surface area contributed by atoms with E-state index in [0.29, 0.717) is 0 Å². The van der Waals surface area contributed by atoms with E-state index in [0.717, 1.165) is 6.07 Å². The van der Waals surface area contributed by atoms with Gasteiger partial charge < -0.3 is 10.8 Å². The molecule has 0 saturated heterocycles. The summed E-state index contributed by atoms with van der Waals surface area (Å²) in [4.78, 5) is -0.122. The fraction of sp³-hybridized carbons (Fsp3) is 0.455. The van der Waals surface area contributed by atoms with Crippen LogP contribution in [-0.4, -0.2) is 25.7 Å². The first-order chi connectivity index (χ1) is 8.03. The number of sulfonamides is 1. The monoisotopic (exact) mass is 276 g/mol. The summed E-state index contributed by atoms with van der Waals surface area (Å²) in [6.45, 7) is 4.23. The standard InChI is InChI=1S/C11H17FN2O3S/c1-7-4-8(5-9(13)10(7)12)18(16,17)14-6-11(2,3)15/h4-5,14-15H,6,13H2,1-3H3. The number of nitrogen functional groups attached to an aromatic ring is 1. The summed E-state index contributed by atoms with van der Waals surface area (Å²) >= 11 is 0. The maximum atomic E-state index is 13.3. The van der Waals surface area contributed by atoms with Crippen molar-refractivity contribution in [3.63, 3.8) is 0 Å². The van der Waals surface area contributed by atoms with Crippen LogP contribution in [0.25, 0.3) is 0 Å². The van der Waals surface area contributed by atoms with Gasteiger partial charge in [0.15, 0.2) is 0 Å². The molecule has 0 aliphatic rings. The topological polar surface area (TPSA) is 92.4 Å². The van der Waals surface area contributed by atoms with Crippen molar-refractivity contribution in [3.05, 3.63) is 23.5 Å². The highest BCUT2D eigenvalue weighted by molar-refractivity contribution is 7.89. The minimum Gasteiger partial charge on any atom is -0.396 e. The summed E-state index contributed by atoms with van der Waals surface area (Å²) in [5, 5.41) is 9.47. The van der Waals surface area contributed by atoms with Gasteiger partial charge in [0.25, 0.3) is 0 Å². The van der Waals surface area contributed by atoms with E-state index in [1.807, 2.05) is 0 Å². The molecule has 0 aliphatic heterocycles. The van der Waals surface area contributed by atoms with Gasteiger partial charge in [-0.15, -0.1) is 0 Å². The Morgan fingerprint density at radius 2 is 2.00 bits per heavy atom. The summed E-state index contributed by atoms with van der Waals surface area (Å²) in [7, 11) is -3.81. The first-order valence-electron chi connectivity index (χ1n) is 5.30. The number of nitrogens with one attached hydrogen (secondary N) is 1. The molecule has 0 spiro atoms. The summed E-state index contributed by atoms with van der Waals surface area (Å²) < 4.78 is 39.3. The first kappa shape index (κ1) is 14.9. The van der Waals surface area contributed by atoms with E-state index in [4.69, 9.17) is 5.73 Å². The second-order valence-corrected chi connectivity index (χ2v) is 6.55. The predicted molar refractivity (Wildman–Crippen MR) is 67.0 cm³/mol. The van der Waals surface area contributed by atoms with Crippen molar-refractivity contribution in [1.82, 2.24) is 4.72 Å². The quantitative estimate of drug-likeness (QED) is 0.708. The van der Waals surface area contributed by atoms with Gasteiger partial charge in [-0.25, -0.2) is 17.5 Å². The Labute approximate surface area is 106 Å². The van der Waals surface area contributed by atoms with Crippen LogP contribution in [0.2, 0.25) is 0 Å². The number of halogens is 1. The van der Waals surface area contributed by atoms with E-state index in [1.165, 1.54) is 26.8 Å². The molecule has 0 atom stereocenters. The predicted octanol–water partition coefficient (Wildman–Crippen LogP) is 0.766. The molecule has 18 heavy (non-hydrogen) atoms. The molecule has 0 heterocycles. The molecule has 0 aliphatic carbocycles. The summed E-state index contributed by atoms with van der Waals surface area (Å²) in [5.41, 5.74) is 4.14. The summed E-state index contributed by atoms with van der Waals surface area (Å²) in [5.74, 6) is -0.628. The third-order valence-electron chi connectivity index (χ3n) is 2.26. The number of benzene rings is 1. The van der Waals surface area contributed by atoms with Crippen LogP contribution < -0.4 is 10.5 Å². The van der Waals surface area contributed by atoms with Crippen LogP contribution >= 0.6 is 0 Å². The van der Waals surface area contributed by atoms with Crippen molar-refractivity contribution in [2.45, 2.75) is 31.3 Å². The molecule has 1 aromatic carbocycles. The molecule has 0 saturated carbocycles. The van der Waals surface area contributed by atoms with Gasteiger partial charge in [0.1, 0.15) is 5.82 Å². The van der Waals surface area contributed by atoms with Gasteiger partial charge in [0.2, 0.25) is 10.0 Å². The van der Waals surface area contributed by atoms with Crippen molar-refractivity contribution >= 4 is 15.7 Å². The van der Waals surface area contributed by atoms with Crippen LogP contribution in [0, 0.1) is 12.7 Å². The van der Waals surface area contributed by atoms with Crippen LogP contribution in [0.5, 0.6) is 0 Å². The normalized spacial score (nSPS) is 12.7. The maximum absolute atomic E-state index is 13.3. The summed E-state index contributed by atoms with van der Waals surface area (Å²) in [6.07, 6.45) is 0. The molecule has 0 amide bonds. The molecule has 0 fully saturated rings. The second kappa shape index (κ2) is 4.83. The lowest BCUT2D eigenvalue weighted by Crippen LogP contribution is -2.38. The molecule has 1 rings (SSSR count). The Balaban J connectivity index is 3.07. The number of hydrogen-bond acceptors (Lipinski definition) is 4. The summed E-state index contributed by atoms with van der Waals surface area (Å²) in [6, 6.07) is 2.24. The molecule has 102 valence electrons. The number of aryl methyl sites for hydroxylation is 1. The third kappa shape index (κ3) is 3.66. The van der Waals surface area contributed by atoms with Crippen molar-refractivity contribution in [1.29, 1.82) is 0 Å². The van der Waals surface area contributed by atoms with Crippen molar-refractivity contribution < 1.29 is 17.9 Å². The fourth-order valence-corrected chi connectivity index (χ4v) is 2.60. The highest BCUT2D eigenvalue weighted by Gasteiger charge is 2.21. The molecule has 7 heteroatoms. The van der Waals surface area contributed by atoms with Gasteiger partial charge in [-0.3, -0.25) is 0 Å². The Bertz CT molecular complexity index is 527. The van der Waals surface area contributed by atoms with Gasteiger partial charge in [-0.1, -0.05) is 0 Å². The Kier molecular flexibility index (Phi) is 3.99. The van der Waals surface area contributed by atoms with E-state index in [-0.39, 0.29) is 22.7 Å². The van der Waals surface area contributed by atoms with Gasteiger partial charge in [-0.2, -0.15) is 0 Å². The Morgan fingerprint density at radius 3 is 2.44 bits per heavy atom.